The topological polar surface area (TPSA) is 8.17 Å². The zero-order valence-corrected chi connectivity index (χ0v) is 31.9. The maximum absolute atomic E-state index is 3.93. The molecule has 56 heavy (non-hydrogen) atoms. The summed E-state index contributed by atoms with van der Waals surface area (Å²) in [4.78, 5) is 2.52. The number of anilines is 3. The van der Waals surface area contributed by atoms with Gasteiger partial charge < -0.3 is 9.47 Å². The molecule has 10 aromatic rings. The van der Waals surface area contributed by atoms with E-state index in [9.17, 15) is 0 Å². The largest absolute Gasteiger partial charge is 0.310 e. The average molecular weight is 778 g/mol. The lowest BCUT2D eigenvalue weighted by Crippen LogP contribution is -2.28. The molecule has 0 saturated carbocycles. The second-order valence-corrected chi connectivity index (χ2v) is 15.9. The van der Waals surface area contributed by atoms with Crippen LogP contribution in [0.4, 0.5) is 17.1 Å². The second-order valence-electron chi connectivity index (χ2n) is 15.0. The minimum Gasteiger partial charge on any atom is -0.310 e. The van der Waals surface area contributed by atoms with Crippen LogP contribution in [0.1, 0.15) is 22.3 Å². The molecule has 3 heteroatoms. The van der Waals surface area contributed by atoms with Gasteiger partial charge in [0, 0.05) is 37.9 Å². The number of nitrogens with zero attached hydrogens (tertiary/aromatic N) is 2. The fraction of sp³-hybridized carbons (Fsp3) is 0.0189. The number of benzene rings is 9. The van der Waals surface area contributed by atoms with Crippen molar-refractivity contribution in [3.63, 3.8) is 0 Å². The van der Waals surface area contributed by atoms with E-state index in [0.717, 1.165) is 21.5 Å². The van der Waals surface area contributed by atoms with Gasteiger partial charge in [0.2, 0.25) is 0 Å². The van der Waals surface area contributed by atoms with E-state index in [2.05, 4.69) is 226 Å². The summed E-state index contributed by atoms with van der Waals surface area (Å²) in [5, 5.41) is 4.94. The number of halogens is 1. The molecule has 1 heterocycles. The molecule has 12 rings (SSSR count). The van der Waals surface area contributed by atoms with Gasteiger partial charge in [0.1, 0.15) is 0 Å². The molecule has 0 aliphatic heterocycles. The highest BCUT2D eigenvalue weighted by Gasteiger charge is 2.54. The van der Waals surface area contributed by atoms with E-state index in [4.69, 9.17) is 0 Å². The van der Waals surface area contributed by atoms with E-state index in [-0.39, 0.29) is 0 Å². The Balaban J connectivity index is 1.24. The maximum atomic E-state index is 3.93. The highest BCUT2D eigenvalue weighted by atomic mass is 79.9. The molecule has 1 aromatic heterocycles. The molecule has 0 saturated heterocycles. The van der Waals surface area contributed by atoms with Gasteiger partial charge in [-0.2, -0.15) is 0 Å². The van der Waals surface area contributed by atoms with E-state index >= 15 is 0 Å². The Morgan fingerprint density at radius 2 is 1.05 bits per heavy atom. The van der Waals surface area contributed by atoms with Gasteiger partial charge in [-0.3, -0.25) is 0 Å². The summed E-state index contributed by atoms with van der Waals surface area (Å²) < 4.78 is 3.47. The maximum Gasteiger partial charge on any atom is 0.0746 e. The molecule has 2 nitrogen and oxygen atoms in total. The molecule has 0 radical (unpaired) electrons. The Morgan fingerprint density at radius 1 is 0.429 bits per heavy atom. The first-order chi connectivity index (χ1) is 27.7. The lowest BCUT2D eigenvalue weighted by Gasteiger charge is -2.36. The van der Waals surface area contributed by atoms with Crippen LogP contribution in [-0.4, -0.2) is 4.57 Å². The highest BCUT2D eigenvalue weighted by molar-refractivity contribution is 9.10. The molecule has 0 fully saturated rings. The van der Waals surface area contributed by atoms with E-state index in [1.807, 2.05) is 0 Å². The molecule has 2 aliphatic rings. The van der Waals surface area contributed by atoms with E-state index in [0.29, 0.717) is 0 Å². The molecule has 0 bridgehead atoms. The van der Waals surface area contributed by atoms with Crippen molar-refractivity contribution in [1.29, 1.82) is 0 Å². The van der Waals surface area contributed by atoms with Gasteiger partial charge >= 0.3 is 0 Å². The summed E-state index contributed by atoms with van der Waals surface area (Å²) in [6.07, 6.45) is 0. The van der Waals surface area contributed by atoms with Crippen LogP contribution in [0.25, 0.3) is 60.5 Å². The van der Waals surface area contributed by atoms with Gasteiger partial charge in [-0.1, -0.05) is 149 Å². The Kier molecular flexibility index (Phi) is 6.73. The van der Waals surface area contributed by atoms with E-state index < -0.39 is 5.41 Å². The second kappa shape index (κ2) is 11.9. The van der Waals surface area contributed by atoms with Crippen LogP contribution in [0, 0.1) is 0 Å². The molecule has 1 unspecified atom stereocenters. The third-order valence-electron chi connectivity index (χ3n) is 12.2. The van der Waals surface area contributed by atoms with Gasteiger partial charge in [0.25, 0.3) is 0 Å². The van der Waals surface area contributed by atoms with Crippen molar-refractivity contribution in [1.82, 2.24) is 4.57 Å². The number of fused-ring (bicyclic) bond motifs is 15. The van der Waals surface area contributed by atoms with Crippen molar-refractivity contribution < 1.29 is 0 Å². The summed E-state index contributed by atoms with van der Waals surface area (Å²) in [7, 11) is 0. The van der Waals surface area contributed by atoms with Gasteiger partial charge in [0.15, 0.2) is 0 Å². The average Bonchev–Trinajstić information content (AvgIpc) is 3.86. The van der Waals surface area contributed by atoms with Crippen molar-refractivity contribution in [2.45, 2.75) is 5.41 Å². The van der Waals surface area contributed by atoms with Crippen molar-refractivity contribution in [2.24, 2.45) is 0 Å². The molecular formula is C53H33BrN2. The summed E-state index contributed by atoms with van der Waals surface area (Å²) in [6.45, 7) is 0. The minimum absolute atomic E-state index is 0.554. The smallest absolute Gasteiger partial charge is 0.0746 e. The van der Waals surface area contributed by atoms with Crippen molar-refractivity contribution in [3.05, 3.63) is 227 Å². The van der Waals surface area contributed by atoms with Crippen molar-refractivity contribution in [2.75, 3.05) is 4.90 Å². The van der Waals surface area contributed by atoms with Crippen LogP contribution >= 0.6 is 15.9 Å². The monoisotopic (exact) mass is 776 g/mol. The first kappa shape index (κ1) is 31.6. The van der Waals surface area contributed by atoms with Crippen LogP contribution in [0.15, 0.2) is 205 Å². The third-order valence-corrected chi connectivity index (χ3v) is 12.7. The predicted octanol–water partition coefficient (Wildman–Crippen LogP) is 14.5. The zero-order chi connectivity index (χ0) is 37.0. The normalized spacial score (nSPS) is 14.9. The van der Waals surface area contributed by atoms with Crippen molar-refractivity contribution >= 4 is 65.6 Å². The Bertz CT molecular complexity index is 3220. The lowest BCUT2D eigenvalue weighted by atomic mass is 9.69. The van der Waals surface area contributed by atoms with Crippen LogP contribution in [-0.2, 0) is 5.41 Å². The van der Waals surface area contributed by atoms with Gasteiger partial charge in [-0.25, -0.2) is 0 Å². The number of hydrogen-bond donors (Lipinski definition) is 0. The Labute approximate surface area is 333 Å². The zero-order valence-electron chi connectivity index (χ0n) is 30.3. The van der Waals surface area contributed by atoms with Crippen LogP contribution < -0.4 is 4.90 Å². The SMILES string of the molecule is Brc1ccc2c(c1)C1(c3ccccc3-2)c2ccccc2-c2c1c(N(c1ccccc1)c1ccc3c(c1)c1ccccc1n3-c1ccccc1)cc1ccccc21. The van der Waals surface area contributed by atoms with Crippen LogP contribution in [0.5, 0.6) is 0 Å². The molecule has 1 spiro atoms. The Morgan fingerprint density at radius 3 is 1.88 bits per heavy atom. The van der Waals surface area contributed by atoms with Gasteiger partial charge in [-0.15, -0.1) is 0 Å². The molecule has 2 aliphatic carbocycles. The minimum atomic E-state index is -0.554. The molecular weight excluding hydrogens is 745 g/mol. The van der Waals surface area contributed by atoms with Gasteiger partial charge in [0.05, 0.1) is 22.1 Å². The summed E-state index contributed by atoms with van der Waals surface area (Å²) in [5.74, 6) is 0. The van der Waals surface area contributed by atoms with E-state index in [1.165, 1.54) is 82.8 Å². The van der Waals surface area contributed by atoms with Gasteiger partial charge in [-0.05, 0) is 116 Å². The lowest BCUT2D eigenvalue weighted by molar-refractivity contribution is 0.793. The summed E-state index contributed by atoms with van der Waals surface area (Å²) in [5.41, 5.74) is 16.8. The first-order valence-corrected chi connectivity index (χ1v) is 20.0. The third kappa shape index (κ3) is 4.21. The first-order valence-electron chi connectivity index (χ1n) is 19.2. The fourth-order valence-corrected chi connectivity index (χ4v) is 10.5. The molecule has 262 valence electrons. The number of aromatic nitrogens is 1. The number of rotatable bonds is 4. The van der Waals surface area contributed by atoms with Crippen LogP contribution in [0.2, 0.25) is 0 Å². The van der Waals surface area contributed by atoms with E-state index in [1.54, 1.807) is 0 Å². The number of para-hydroxylation sites is 3. The molecule has 0 N–H and O–H groups in total. The number of hydrogen-bond acceptors (Lipinski definition) is 1. The molecule has 0 amide bonds. The molecule has 9 aromatic carbocycles. The standard InChI is InChI=1S/C53H33BrN2/c54-35-27-29-41-40-21-9-12-24-45(40)53(47(41)32-35)46-25-13-10-23-43(46)51-39-20-8-7-15-34(39)31-50(52(51)53)55(36-16-3-1-4-17-36)38-28-30-49-44(33-38)42-22-11-14-26-48(42)56(49)37-18-5-2-6-19-37/h1-33H. The summed E-state index contributed by atoms with van der Waals surface area (Å²) >= 11 is 3.93. The predicted molar refractivity (Wildman–Crippen MR) is 237 cm³/mol. The summed E-state index contributed by atoms with van der Waals surface area (Å²) in [6, 6.07) is 74.0. The van der Waals surface area contributed by atoms with Crippen molar-refractivity contribution in [3.8, 4) is 27.9 Å². The quantitative estimate of drug-likeness (QED) is 0.173. The molecule has 1 atom stereocenters. The fourth-order valence-electron chi connectivity index (χ4n) is 10.1. The highest BCUT2D eigenvalue weighted by Crippen LogP contribution is 2.66. The Hall–Kier alpha value is -6.68. The van der Waals surface area contributed by atoms with Crippen LogP contribution in [0.3, 0.4) is 0 Å².